The zero-order chi connectivity index (χ0) is 18.3. The normalized spacial score (nSPS) is 18.5. The van der Waals surface area contributed by atoms with Gasteiger partial charge in [-0.25, -0.2) is 0 Å². The van der Waals surface area contributed by atoms with Crippen molar-refractivity contribution in [1.82, 2.24) is 0 Å². The predicted octanol–water partition coefficient (Wildman–Crippen LogP) is 0.960. The quantitative estimate of drug-likeness (QED) is 0.464. The molecule has 0 spiro atoms. The molecule has 2 unspecified atom stereocenters. The molecule has 0 heterocycles. The molecule has 0 radical (unpaired) electrons. The van der Waals surface area contributed by atoms with Gasteiger partial charge in [-0.1, -0.05) is 0 Å². The van der Waals surface area contributed by atoms with Crippen LogP contribution in [0.1, 0.15) is 56.3 Å². The fourth-order valence-electron chi connectivity index (χ4n) is 4.87. The van der Waals surface area contributed by atoms with Gasteiger partial charge in [0.15, 0.2) is 0 Å². The number of fused-ring (bicyclic) bond motifs is 2. The fraction of sp³-hybridized carbons (Fsp3) is 0.333. The molecule has 0 amide bonds. The molecule has 0 nitrogen and oxygen atoms in total. The summed E-state index contributed by atoms with van der Waals surface area (Å²) in [6.45, 7) is 9.97. The number of hydrogen-bond donors (Lipinski definition) is 0. The van der Waals surface area contributed by atoms with E-state index in [-0.39, 0.29) is 30.3 Å². The van der Waals surface area contributed by atoms with Crippen LogP contribution in [-0.2, 0) is 20.1 Å². The van der Waals surface area contributed by atoms with E-state index in [0.717, 1.165) is 7.35 Å². The first kappa shape index (κ1) is 23.9. The van der Waals surface area contributed by atoms with Crippen LogP contribution < -0.4 is 24.8 Å². The van der Waals surface area contributed by atoms with Crippen molar-refractivity contribution in [3.8, 4) is 0 Å². The van der Waals surface area contributed by atoms with E-state index in [1.165, 1.54) is 24.0 Å². The minimum Gasteiger partial charge on any atom is -1.00 e. The van der Waals surface area contributed by atoms with Crippen LogP contribution in [0.4, 0.5) is 0 Å². The summed E-state index contributed by atoms with van der Waals surface area (Å²) in [7, 11) is 0. The van der Waals surface area contributed by atoms with E-state index in [4.69, 9.17) is 0 Å². The van der Waals surface area contributed by atoms with Gasteiger partial charge in [0.2, 0.25) is 0 Å². The smallest absolute Gasteiger partial charge is 1.00 e. The largest absolute Gasteiger partial charge is 1.00 e. The molecule has 28 heavy (non-hydrogen) atoms. The second-order valence-electron chi connectivity index (χ2n) is 7.72. The molecule has 2 aliphatic rings. The maximum Gasteiger partial charge on any atom is -1.00 e. The molecule has 0 N–H and O–H groups in total. The van der Waals surface area contributed by atoms with E-state index in [1.54, 1.807) is 22.3 Å². The molecule has 2 aromatic rings. The number of allylic oxidation sites excluding steroid dienone is 2. The number of benzene rings is 2. The molecule has 0 saturated heterocycles. The molecule has 0 aromatic heterocycles. The number of halogens is 2. The Labute approximate surface area is 190 Å². The first-order valence-electron chi connectivity index (χ1n) is 9.91. The maximum absolute atomic E-state index is 2.62. The number of hydrogen-bond acceptors (Lipinski definition) is 0. The monoisotopic (exact) mass is 594 g/mol. The Morgan fingerprint density at radius 2 is 1.11 bits per heavy atom. The van der Waals surface area contributed by atoms with Crippen molar-refractivity contribution < 1.29 is 44.9 Å². The van der Waals surface area contributed by atoms with Gasteiger partial charge in [-0.05, 0) is 0 Å². The summed E-state index contributed by atoms with van der Waals surface area (Å²) >= 11 is -2.02. The third-order valence-corrected chi connectivity index (χ3v) is 33.7. The van der Waals surface area contributed by atoms with Crippen LogP contribution in [0.2, 0.25) is 13.1 Å². The Bertz CT molecular complexity index is 883. The van der Waals surface area contributed by atoms with Gasteiger partial charge in [0, 0.05) is 0 Å². The average molecular weight is 594 g/mol. The van der Waals surface area contributed by atoms with Gasteiger partial charge in [0.1, 0.15) is 0 Å². The molecule has 0 saturated carbocycles. The molecule has 0 bridgehead atoms. The second kappa shape index (κ2) is 10.1. The van der Waals surface area contributed by atoms with Crippen molar-refractivity contribution in [1.29, 1.82) is 0 Å². The van der Waals surface area contributed by atoms with Crippen molar-refractivity contribution >= 4 is 17.6 Å². The van der Waals surface area contributed by atoms with Crippen LogP contribution in [-0.4, -0.2) is 5.49 Å². The van der Waals surface area contributed by atoms with Crippen molar-refractivity contribution in [2.75, 3.05) is 0 Å². The topological polar surface area (TPSA) is 0 Å². The van der Waals surface area contributed by atoms with Gasteiger partial charge in [0.25, 0.3) is 0 Å². The molecule has 2 aromatic carbocycles. The Balaban J connectivity index is 0.00000140. The van der Waals surface area contributed by atoms with Crippen LogP contribution in [0, 0.1) is 0 Å². The van der Waals surface area contributed by atoms with Crippen molar-refractivity contribution in [2.24, 2.45) is 0 Å². The summed E-state index contributed by atoms with van der Waals surface area (Å²) < 4.78 is 1.60. The summed E-state index contributed by atoms with van der Waals surface area (Å²) in [5.41, 5.74) is 9.54. The molecule has 0 fully saturated rings. The second-order valence-corrected chi connectivity index (χ2v) is 32.6. The van der Waals surface area contributed by atoms with Gasteiger partial charge < -0.3 is 24.8 Å². The van der Waals surface area contributed by atoms with Crippen molar-refractivity contribution in [3.63, 3.8) is 0 Å². The molecule has 4 rings (SSSR count). The van der Waals surface area contributed by atoms with E-state index >= 15 is 0 Å². The molecule has 2 atom stereocenters. The predicted molar refractivity (Wildman–Crippen MR) is 112 cm³/mol. The van der Waals surface area contributed by atoms with Gasteiger partial charge in [0.05, 0.1) is 0 Å². The molecular formula is C24H28Cl2HfSi. The van der Waals surface area contributed by atoms with Crippen molar-refractivity contribution in [3.05, 3.63) is 81.9 Å². The number of rotatable bonds is 4. The minimum absolute atomic E-state index is 0. The Kier molecular flexibility index (Phi) is 8.58. The van der Waals surface area contributed by atoms with Crippen LogP contribution in [0.5, 0.6) is 0 Å². The van der Waals surface area contributed by atoms with Crippen LogP contribution in [0.15, 0.2) is 59.7 Å². The Morgan fingerprint density at radius 3 is 1.46 bits per heavy atom. The fourth-order valence-corrected chi connectivity index (χ4v) is 34.5. The SMILES string of the molecule is CCC1=Cc2ccccc2[CH]1[Hf+2]([CH]1C(CC)=Cc2ccccc21)=[Si](C)C.[Cl-].[Cl-]. The maximum atomic E-state index is 2.62. The third-order valence-electron chi connectivity index (χ3n) is 6.05. The van der Waals surface area contributed by atoms with Gasteiger partial charge in [-0.2, -0.15) is 0 Å². The van der Waals surface area contributed by atoms with E-state index in [9.17, 15) is 0 Å². The van der Waals surface area contributed by atoms with E-state index in [0.29, 0.717) is 0 Å². The summed E-state index contributed by atoms with van der Waals surface area (Å²) in [5, 5.41) is 0. The molecule has 146 valence electrons. The van der Waals surface area contributed by atoms with E-state index in [2.05, 4.69) is 87.6 Å². The third kappa shape index (κ3) is 4.08. The average Bonchev–Trinajstić information content (AvgIpc) is 3.21. The van der Waals surface area contributed by atoms with Crippen molar-refractivity contribution in [2.45, 2.75) is 47.1 Å². The summed E-state index contributed by atoms with van der Waals surface area (Å²) in [6, 6.07) is 18.5. The molecule has 0 aliphatic heterocycles. The van der Waals surface area contributed by atoms with Gasteiger partial charge in [-0.3, -0.25) is 0 Å². The summed E-state index contributed by atoms with van der Waals surface area (Å²) in [5.74, 6) is 0. The van der Waals surface area contributed by atoms with Gasteiger partial charge in [-0.15, -0.1) is 0 Å². The molecule has 2 aliphatic carbocycles. The van der Waals surface area contributed by atoms with Crippen LogP contribution in [0.25, 0.3) is 12.2 Å². The standard InChI is InChI=1S/2C11H11.C2H6Si.2ClH.Hf/c2*1-2-9-7-10-5-3-4-6-11(10)8-9;1-3-2;;;/h2*3-8H,2H2,1H3;1-2H3;2*1H;/q;;;;;+2/p-2. The van der Waals surface area contributed by atoms with E-state index < -0.39 is 20.1 Å². The van der Waals surface area contributed by atoms with Crippen LogP contribution >= 0.6 is 0 Å². The molecule has 4 heteroatoms. The molecular weight excluding hydrogens is 566 g/mol. The first-order chi connectivity index (χ1) is 12.7. The van der Waals surface area contributed by atoms with Crippen LogP contribution in [0.3, 0.4) is 0 Å². The summed E-state index contributed by atoms with van der Waals surface area (Å²) in [6.07, 6.45) is 7.49. The first-order valence-corrected chi connectivity index (χ1v) is 22.0. The van der Waals surface area contributed by atoms with Gasteiger partial charge >= 0.3 is 167 Å². The zero-order valence-electron chi connectivity index (χ0n) is 17.1. The van der Waals surface area contributed by atoms with E-state index in [1.807, 2.05) is 0 Å². The summed E-state index contributed by atoms with van der Waals surface area (Å²) in [4.78, 5) is 0. The Morgan fingerprint density at radius 1 is 0.714 bits per heavy atom. The zero-order valence-corrected chi connectivity index (χ0v) is 23.2. The minimum atomic E-state index is -2.02. The Hall–Kier alpha value is -0.413.